The van der Waals surface area contributed by atoms with Crippen LogP contribution in [0.15, 0.2) is 12.1 Å². The van der Waals surface area contributed by atoms with Crippen molar-refractivity contribution >= 4 is 11.6 Å². The minimum atomic E-state index is -0.151. The number of carbonyl (C=O) groups is 1. The van der Waals surface area contributed by atoms with Crippen LogP contribution in [0.3, 0.4) is 0 Å². The number of nitrogens with zero attached hydrogens (tertiary/aromatic N) is 2. The van der Waals surface area contributed by atoms with Crippen molar-refractivity contribution in [1.82, 2.24) is 4.98 Å². The smallest absolute Gasteiger partial charge is 0.226 e. The second-order valence-electron chi connectivity index (χ2n) is 4.05. The van der Waals surface area contributed by atoms with Crippen LogP contribution in [0.4, 0.5) is 5.82 Å². The molecule has 0 aromatic carbocycles. The normalized spacial score (nSPS) is 15.1. The summed E-state index contributed by atoms with van der Waals surface area (Å²) in [5.74, 6) is 1.08. The van der Waals surface area contributed by atoms with E-state index < -0.39 is 0 Å². The molecule has 2 heterocycles. The van der Waals surface area contributed by atoms with Crippen LogP contribution < -0.4 is 15.4 Å². The third-order valence-corrected chi connectivity index (χ3v) is 2.95. The van der Waals surface area contributed by atoms with Crippen LogP contribution in [0.5, 0.6) is 5.88 Å². The topological polar surface area (TPSA) is 68.5 Å². The van der Waals surface area contributed by atoms with Crippen LogP contribution >= 0.6 is 0 Å². The summed E-state index contributed by atoms with van der Waals surface area (Å²) < 4.78 is 5.15. The molecule has 5 heteroatoms. The van der Waals surface area contributed by atoms with E-state index in [1.165, 1.54) is 20.0 Å². The lowest BCUT2D eigenvalue weighted by Gasteiger charge is -2.17. The summed E-state index contributed by atoms with van der Waals surface area (Å²) in [5.41, 5.74) is 5.80. The number of anilines is 1. The molecule has 0 unspecified atom stereocenters. The van der Waals surface area contributed by atoms with Gasteiger partial charge in [-0.2, -0.15) is 4.98 Å². The highest BCUT2D eigenvalue weighted by molar-refractivity contribution is 5.99. The molecule has 5 nitrogen and oxygen atoms in total. The van der Waals surface area contributed by atoms with Crippen molar-refractivity contribution in [3.63, 3.8) is 0 Å². The van der Waals surface area contributed by atoms with Crippen LogP contribution in [0.1, 0.15) is 23.2 Å². The summed E-state index contributed by atoms with van der Waals surface area (Å²) in [6, 6.07) is 3.60. The quantitative estimate of drug-likeness (QED) is 0.783. The number of hydrogen-bond acceptors (Lipinski definition) is 5. The Kier molecular flexibility index (Phi) is 3.58. The predicted molar refractivity (Wildman–Crippen MR) is 65.6 cm³/mol. The standard InChI is InChI=1S/C12H17N3O2/c1-17-12-9(10(16)8-13)4-5-11(14-12)15-6-2-3-7-15/h4-5H,2-3,6-8,13H2,1H3. The van der Waals surface area contributed by atoms with Gasteiger partial charge in [0.05, 0.1) is 19.2 Å². The number of carbonyl (C=O) groups excluding carboxylic acids is 1. The Morgan fingerprint density at radius 1 is 1.47 bits per heavy atom. The Morgan fingerprint density at radius 2 is 2.18 bits per heavy atom. The molecule has 0 atom stereocenters. The van der Waals surface area contributed by atoms with Crippen LogP contribution in [0.25, 0.3) is 0 Å². The zero-order valence-corrected chi connectivity index (χ0v) is 9.98. The van der Waals surface area contributed by atoms with Crippen molar-refractivity contribution in [2.45, 2.75) is 12.8 Å². The maximum atomic E-state index is 11.6. The van der Waals surface area contributed by atoms with Gasteiger partial charge in [-0.1, -0.05) is 0 Å². The van der Waals surface area contributed by atoms with E-state index in [4.69, 9.17) is 10.5 Å². The van der Waals surface area contributed by atoms with Gasteiger partial charge in [0.15, 0.2) is 5.78 Å². The molecule has 1 saturated heterocycles. The van der Waals surface area contributed by atoms with Crippen LogP contribution in [-0.2, 0) is 0 Å². The van der Waals surface area contributed by atoms with Crippen molar-refractivity contribution in [2.75, 3.05) is 31.6 Å². The molecule has 0 amide bonds. The summed E-state index contributed by atoms with van der Waals surface area (Å²) in [4.78, 5) is 18.1. The summed E-state index contributed by atoms with van der Waals surface area (Å²) >= 11 is 0. The van der Waals surface area contributed by atoms with Crippen LogP contribution in [0.2, 0.25) is 0 Å². The number of Topliss-reactive ketones (excluding diaryl/α,β-unsaturated/α-hetero) is 1. The first-order valence-corrected chi connectivity index (χ1v) is 5.79. The fourth-order valence-electron chi connectivity index (χ4n) is 2.03. The number of nitrogens with two attached hydrogens (primary N) is 1. The highest BCUT2D eigenvalue weighted by Crippen LogP contribution is 2.23. The van der Waals surface area contributed by atoms with Crippen LogP contribution in [-0.4, -0.2) is 37.5 Å². The summed E-state index contributed by atoms with van der Waals surface area (Å²) in [6.07, 6.45) is 2.38. The largest absolute Gasteiger partial charge is 0.480 e. The Balaban J connectivity index is 2.30. The third-order valence-electron chi connectivity index (χ3n) is 2.95. The van der Waals surface area contributed by atoms with Gasteiger partial charge in [-0.3, -0.25) is 4.79 Å². The molecule has 1 aromatic heterocycles. The average molecular weight is 235 g/mol. The summed E-state index contributed by atoms with van der Waals surface area (Å²) in [5, 5.41) is 0. The first-order chi connectivity index (χ1) is 8.26. The molecule has 17 heavy (non-hydrogen) atoms. The molecule has 0 aliphatic carbocycles. The van der Waals surface area contributed by atoms with E-state index >= 15 is 0 Å². The monoisotopic (exact) mass is 235 g/mol. The van der Waals surface area contributed by atoms with E-state index in [2.05, 4.69) is 9.88 Å². The molecule has 1 aliphatic rings. The van der Waals surface area contributed by atoms with Gasteiger partial charge in [0.1, 0.15) is 5.82 Å². The predicted octanol–water partition coefficient (Wildman–Crippen LogP) is 0.832. The Bertz CT molecular complexity index is 414. The highest BCUT2D eigenvalue weighted by Gasteiger charge is 2.17. The average Bonchev–Trinajstić information content (AvgIpc) is 2.91. The van der Waals surface area contributed by atoms with Gasteiger partial charge in [0.25, 0.3) is 0 Å². The third kappa shape index (κ3) is 2.39. The van der Waals surface area contributed by atoms with E-state index in [0.717, 1.165) is 18.9 Å². The van der Waals surface area contributed by atoms with E-state index in [1.54, 1.807) is 6.07 Å². The molecule has 92 valence electrons. The van der Waals surface area contributed by atoms with Gasteiger partial charge in [-0.05, 0) is 25.0 Å². The first-order valence-electron chi connectivity index (χ1n) is 5.79. The minimum absolute atomic E-state index is 0.0267. The van der Waals surface area contributed by atoms with Crippen LogP contribution in [0, 0.1) is 0 Å². The molecular formula is C12H17N3O2. The summed E-state index contributed by atoms with van der Waals surface area (Å²) in [7, 11) is 1.52. The fraction of sp³-hybridized carbons (Fsp3) is 0.500. The van der Waals surface area contributed by atoms with Gasteiger partial charge < -0.3 is 15.4 Å². The molecule has 1 aromatic rings. The molecule has 1 fully saturated rings. The first kappa shape index (κ1) is 11.9. The number of aromatic nitrogens is 1. The van der Waals surface area contributed by atoms with E-state index in [9.17, 15) is 4.79 Å². The zero-order valence-electron chi connectivity index (χ0n) is 9.98. The molecule has 0 spiro atoms. The van der Waals surface area contributed by atoms with Gasteiger partial charge in [-0.15, -0.1) is 0 Å². The van der Waals surface area contributed by atoms with Gasteiger partial charge in [-0.25, -0.2) is 0 Å². The van der Waals surface area contributed by atoms with E-state index in [0.29, 0.717) is 11.4 Å². The lowest BCUT2D eigenvalue weighted by molar-refractivity contribution is 0.0998. The van der Waals surface area contributed by atoms with E-state index in [1.807, 2.05) is 6.07 Å². The minimum Gasteiger partial charge on any atom is -0.480 e. The van der Waals surface area contributed by atoms with Crippen molar-refractivity contribution in [3.05, 3.63) is 17.7 Å². The number of hydrogen-bond donors (Lipinski definition) is 1. The molecule has 0 saturated carbocycles. The van der Waals surface area contributed by atoms with E-state index in [-0.39, 0.29) is 12.3 Å². The number of pyridine rings is 1. The molecule has 0 bridgehead atoms. The lowest BCUT2D eigenvalue weighted by Crippen LogP contribution is -2.20. The molecule has 2 N–H and O–H groups in total. The zero-order chi connectivity index (χ0) is 12.3. The lowest BCUT2D eigenvalue weighted by atomic mass is 10.2. The second kappa shape index (κ2) is 5.14. The van der Waals surface area contributed by atoms with Crippen molar-refractivity contribution in [1.29, 1.82) is 0 Å². The number of rotatable bonds is 4. The molecule has 1 aliphatic heterocycles. The van der Waals surface area contributed by atoms with Crippen molar-refractivity contribution in [2.24, 2.45) is 5.73 Å². The van der Waals surface area contributed by atoms with Gasteiger partial charge in [0, 0.05) is 13.1 Å². The SMILES string of the molecule is COc1nc(N2CCCC2)ccc1C(=O)CN. The number of methoxy groups -OCH3 is 1. The van der Waals surface area contributed by atoms with Gasteiger partial charge >= 0.3 is 0 Å². The Hall–Kier alpha value is -1.62. The number of ketones is 1. The maximum absolute atomic E-state index is 11.6. The Morgan fingerprint density at radius 3 is 2.76 bits per heavy atom. The van der Waals surface area contributed by atoms with Crippen molar-refractivity contribution in [3.8, 4) is 5.88 Å². The Labute approximate surface area is 101 Å². The molecular weight excluding hydrogens is 218 g/mol. The summed E-state index contributed by atoms with van der Waals surface area (Å²) in [6.45, 7) is 2.00. The molecule has 2 rings (SSSR count). The van der Waals surface area contributed by atoms with Gasteiger partial charge in [0.2, 0.25) is 5.88 Å². The second-order valence-corrected chi connectivity index (χ2v) is 4.05. The molecule has 0 radical (unpaired) electrons. The van der Waals surface area contributed by atoms with Crippen molar-refractivity contribution < 1.29 is 9.53 Å². The highest BCUT2D eigenvalue weighted by atomic mass is 16.5. The fourth-order valence-corrected chi connectivity index (χ4v) is 2.03. The number of ether oxygens (including phenoxy) is 1. The maximum Gasteiger partial charge on any atom is 0.226 e.